The Hall–Kier alpha value is -6.54. The Balaban J connectivity index is 1.33. The second kappa shape index (κ2) is 24.7. The van der Waals surface area contributed by atoms with Gasteiger partial charge in [0.2, 0.25) is 17.7 Å². The van der Waals surface area contributed by atoms with Crippen molar-refractivity contribution in [3.63, 3.8) is 0 Å². The van der Waals surface area contributed by atoms with Gasteiger partial charge < -0.3 is 34.6 Å². The fourth-order valence-corrected chi connectivity index (χ4v) is 9.61. The van der Waals surface area contributed by atoms with Gasteiger partial charge in [-0.1, -0.05) is 80.4 Å². The molecule has 0 saturated carbocycles. The number of fused-ring (bicyclic) bond motifs is 5. The summed E-state index contributed by atoms with van der Waals surface area (Å²) in [6, 6.07) is 22.9. The lowest BCUT2D eigenvalue weighted by molar-refractivity contribution is -0.142. The van der Waals surface area contributed by atoms with Crippen molar-refractivity contribution in [3.8, 4) is 33.8 Å². The molecule has 0 unspecified atom stereocenters. The average Bonchev–Trinajstić information content (AvgIpc) is 3.90. The van der Waals surface area contributed by atoms with Crippen molar-refractivity contribution >= 4 is 52.8 Å². The van der Waals surface area contributed by atoms with Gasteiger partial charge in [0.25, 0.3) is 0 Å². The quantitative estimate of drug-likeness (QED) is 0.0765. The van der Waals surface area contributed by atoms with Crippen LogP contribution in [-0.2, 0) is 35.1 Å². The molecule has 4 amide bonds. The van der Waals surface area contributed by atoms with Crippen LogP contribution in [0.1, 0.15) is 114 Å². The lowest BCUT2D eigenvalue weighted by Gasteiger charge is -2.32. The summed E-state index contributed by atoms with van der Waals surface area (Å²) in [4.78, 5) is 101. The van der Waals surface area contributed by atoms with E-state index >= 15 is 4.79 Å². The smallest absolute Gasteiger partial charge is 0.407 e. The zero-order chi connectivity index (χ0) is 52.3. The van der Waals surface area contributed by atoms with Crippen molar-refractivity contribution < 1.29 is 47.8 Å². The van der Waals surface area contributed by atoms with E-state index < -0.39 is 59.1 Å². The molecule has 0 aromatic heterocycles. The number of nitrogens with one attached hydrogen (secondary N) is 2. The number of hydrogen-bond donors (Lipinski definition) is 2. The Morgan fingerprint density at radius 3 is 2.06 bits per heavy atom. The molecule has 14 nitrogen and oxygen atoms in total. The van der Waals surface area contributed by atoms with Gasteiger partial charge in [-0.2, -0.15) is 0 Å². The molecule has 1 fully saturated rings. The molecule has 4 aromatic carbocycles. The van der Waals surface area contributed by atoms with Crippen LogP contribution in [0.25, 0.3) is 22.3 Å². The molecule has 2 aliphatic heterocycles. The zero-order valence-corrected chi connectivity index (χ0v) is 43.6. The number of likely N-dealkylation sites (N-methyl/N-ethyl adjacent to an activating group) is 1. The van der Waals surface area contributed by atoms with Crippen LogP contribution in [-0.4, -0.2) is 104 Å². The fraction of sp³-hybridized carbons (Fsp3) is 0.456. The number of halogens is 1. The Kier molecular flexibility index (Phi) is 18.8. The molecule has 6 rings (SSSR count). The maximum atomic E-state index is 15.1. The molecule has 1 saturated heterocycles. The third-order valence-electron chi connectivity index (χ3n) is 13.4. The molecule has 0 radical (unpaired) electrons. The van der Waals surface area contributed by atoms with Crippen LogP contribution in [0.2, 0.25) is 5.02 Å². The Bertz CT molecular complexity index is 2600. The minimum absolute atomic E-state index is 0.0832. The zero-order valence-electron chi connectivity index (χ0n) is 42.8. The number of carbonyl (C=O) groups excluding carboxylic acids is 7. The first kappa shape index (κ1) is 54.8. The molecule has 4 aromatic rings. The van der Waals surface area contributed by atoms with Gasteiger partial charge in [-0.05, 0) is 112 Å². The molecule has 2 aliphatic rings. The van der Waals surface area contributed by atoms with Crippen LogP contribution in [0, 0.1) is 17.8 Å². The number of Topliss-reactive ketones (excluding diaryl/α,β-unsaturated/α-hetero) is 3. The van der Waals surface area contributed by atoms with Crippen molar-refractivity contribution in [1.29, 1.82) is 0 Å². The maximum absolute atomic E-state index is 15.1. The lowest BCUT2D eigenvalue weighted by atomic mass is 9.87. The normalized spacial score (nSPS) is 18.0. The van der Waals surface area contributed by atoms with E-state index in [2.05, 4.69) is 10.6 Å². The van der Waals surface area contributed by atoms with Gasteiger partial charge in [-0.25, -0.2) is 4.79 Å². The standard InChI is InChI=1S/C57H69ClN4O10/c1-35-29-49(65)52(61(6)55(68)42(13-9-10-26-59-56(69)72-57(3,4)5)34-47(63)40-17-15-38(16-18-40)39-19-22-43(58)23-20-39)41-21-25-51(71-8)45(33-41)44-31-37(14-24-50(44)70-7)32-46(60-53(35)66)48(64)30-36(2)54(67)62-27-11-12-28-62/h14-25,31,33,35-36,42,46,52H,9-13,26-30,32,34H2,1-8H3,(H,59,69)(H,60,66)/t35-,36-,42-,46+,52+/m1/s1. The van der Waals surface area contributed by atoms with E-state index in [0.717, 1.165) is 24.0 Å². The van der Waals surface area contributed by atoms with Crippen LogP contribution < -0.4 is 20.1 Å². The summed E-state index contributed by atoms with van der Waals surface area (Å²) in [5, 5.41) is 6.29. The van der Waals surface area contributed by atoms with Crippen LogP contribution in [0.5, 0.6) is 11.5 Å². The predicted octanol–water partition coefficient (Wildman–Crippen LogP) is 9.63. The van der Waals surface area contributed by atoms with Crippen LogP contribution >= 0.6 is 11.6 Å². The first-order valence-corrected chi connectivity index (χ1v) is 25.3. The van der Waals surface area contributed by atoms with Gasteiger partial charge in [0.15, 0.2) is 17.3 Å². The molecule has 2 N–H and O–H groups in total. The van der Waals surface area contributed by atoms with Gasteiger partial charge in [-0.15, -0.1) is 0 Å². The number of nitrogens with zero attached hydrogens (tertiary/aromatic N) is 2. The molecule has 0 aliphatic carbocycles. The number of carbonyl (C=O) groups is 7. The second-order valence-corrected chi connectivity index (χ2v) is 20.6. The van der Waals surface area contributed by atoms with E-state index in [4.69, 9.17) is 25.8 Å². The fourth-order valence-electron chi connectivity index (χ4n) is 9.49. The monoisotopic (exact) mass is 1000 g/mol. The highest BCUT2D eigenvalue weighted by Crippen LogP contribution is 2.41. The van der Waals surface area contributed by atoms with Crippen molar-refractivity contribution in [2.75, 3.05) is 40.9 Å². The lowest BCUT2D eigenvalue weighted by Crippen LogP contribution is -2.46. The van der Waals surface area contributed by atoms with Crippen molar-refractivity contribution in [2.45, 2.75) is 110 Å². The molecular formula is C57H69ClN4O10. The van der Waals surface area contributed by atoms with Gasteiger partial charge in [0, 0.05) is 85.4 Å². The van der Waals surface area contributed by atoms with E-state index in [1.165, 1.54) is 26.2 Å². The van der Waals surface area contributed by atoms with Crippen LogP contribution in [0.15, 0.2) is 84.9 Å². The SMILES string of the molecule is COc1ccc2cc1-c1cc(ccc1OC)[C@H](N(C)C(=O)[C@H](CCCCNC(=O)OC(C)(C)C)CC(=O)c1ccc(-c3ccc(Cl)cc3)cc1)C(=O)C[C@@H](C)C(=O)N[C@H](C(=O)C[C@@H](C)C(=O)N1CCCC1)C2. The van der Waals surface area contributed by atoms with Crippen LogP contribution in [0.3, 0.4) is 0 Å². The number of ketones is 3. The summed E-state index contributed by atoms with van der Waals surface area (Å²) in [6.07, 6.45) is 2.01. The minimum atomic E-state index is -1.23. The van der Waals surface area contributed by atoms with E-state index in [1.807, 2.05) is 36.4 Å². The largest absolute Gasteiger partial charge is 0.496 e. The first-order chi connectivity index (χ1) is 34.3. The summed E-state index contributed by atoms with van der Waals surface area (Å²) in [6.45, 7) is 10.2. The number of alkyl carbamates (subject to hydrolysis) is 1. The van der Waals surface area contributed by atoms with Crippen molar-refractivity contribution in [3.05, 3.63) is 107 Å². The molecule has 15 heteroatoms. The summed E-state index contributed by atoms with van der Waals surface area (Å²) in [7, 11) is 4.59. The predicted molar refractivity (Wildman–Crippen MR) is 277 cm³/mol. The summed E-state index contributed by atoms with van der Waals surface area (Å²) < 4.78 is 17.1. The number of hydrogen-bond acceptors (Lipinski definition) is 10. The van der Waals surface area contributed by atoms with Gasteiger partial charge >= 0.3 is 6.09 Å². The van der Waals surface area contributed by atoms with E-state index in [1.54, 1.807) is 88.0 Å². The van der Waals surface area contributed by atoms with Gasteiger partial charge in [0.05, 0.1) is 20.3 Å². The first-order valence-electron chi connectivity index (χ1n) is 24.9. The minimum Gasteiger partial charge on any atom is -0.496 e. The molecule has 2 heterocycles. The molecule has 4 bridgehead atoms. The summed E-state index contributed by atoms with van der Waals surface area (Å²) >= 11 is 6.11. The maximum Gasteiger partial charge on any atom is 0.407 e. The average molecular weight is 1010 g/mol. The molecule has 5 atom stereocenters. The van der Waals surface area contributed by atoms with E-state index in [-0.39, 0.29) is 56.1 Å². The number of rotatable bonds is 17. The highest BCUT2D eigenvalue weighted by Gasteiger charge is 2.37. The van der Waals surface area contributed by atoms with Gasteiger partial charge in [-0.3, -0.25) is 28.8 Å². The molecule has 384 valence electrons. The highest BCUT2D eigenvalue weighted by atomic mass is 35.5. The second-order valence-electron chi connectivity index (χ2n) is 20.1. The topological polar surface area (TPSA) is 178 Å². The molecular weight excluding hydrogens is 936 g/mol. The van der Waals surface area contributed by atoms with E-state index in [9.17, 15) is 28.8 Å². The number of unbranched alkanes of at least 4 members (excludes halogenated alkanes) is 1. The van der Waals surface area contributed by atoms with Gasteiger partial charge in [0.1, 0.15) is 23.1 Å². The molecule has 72 heavy (non-hydrogen) atoms. The highest BCUT2D eigenvalue weighted by molar-refractivity contribution is 6.30. The Morgan fingerprint density at radius 2 is 1.43 bits per heavy atom. The number of ether oxygens (including phenoxy) is 3. The number of benzene rings is 4. The van der Waals surface area contributed by atoms with Crippen molar-refractivity contribution in [1.82, 2.24) is 20.4 Å². The summed E-state index contributed by atoms with van der Waals surface area (Å²) in [5.74, 6) is -3.60. The van der Waals surface area contributed by atoms with Crippen molar-refractivity contribution in [2.24, 2.45) is 17.8 Å². The third kappa shape index (κ3) is 14.3. The Morgan fingerprint density at radius 1 is 0.819 bits per heavy atom. The van der Waals surface area contributed by atoms with Crippen LogP contribution in [0.4, 0.5) is 4.79 Å². The third-order valence-corrected chi connectivity index (χ3v) is 13.6. The number of methoxy groups -OCH3 is 2. The van der Waals surface area contributed by atoms with E-state index in [0.29, 0.717) is 70.3 Å². The number of amides is 4. The number of likely N-dealkylation sites (tertiary alicyclic amines) is 1. The Labute approximate surface area is 428 Å². The summed E-state index contributed by atoms with van der Waals surface area (Å²) in [5.41, 5.74) is 3.82. The molecule has 0 spiro atoms.